The zero-order valence-electron chi connectivity index (χ0n) is 10.2. The number of pyridine rings is 1. The predicted molar refractivity (Wildman–Crippen MR) is 64.5 cm³/mol. The molecular formula is C12H20N2O2. The molecule has 0 radical (unpaired) electrons. The van der Waals surface area contributed by atoms with Crippen LogP contribution in [0.1, 0.15) is 30.6 Å². The molecule has 1 aromatic heterocycles. The lowest BCUT2D eigenvalue weighted by Gasteiger charge is -2.13. The Labute approximate surface area is 96.0 Å². The summed E-state index contributed by atoms with van der Waals surface area (Å²) in [6.45, 7) is 5.10. The fourth-order valence-corrected chi connectivity index (χ4v) is 1.68. The van der Waals surface area contributed by atoms with Gasteiger partial charge in [0.15, 0.2) is 0 Å². The number of methoxy groups -OCH3 is 1. The van der Waals surface area contributed by atoms with Crippen molar-refractivity contribution in [3.8, 4) is 0 Å². The fourth-order valence-electron chi connectivity index (χ4n) is 1.68. The van der Waals surface area contributed by atoms with Crippen molar-refractivity contribution in [2.24, 2.45) is 5.73 Å². The summed E-state index contributed by atoms with van der Waals surface area (Å²) in [4.78, 5) is 12.1. The molecule has 1 unspecified atom stereocenters. The SMILES string of the molecule is COCCCn1c(C)ccc(C(C)N)c1=O. The molecule has 0 aliphatic carbocycles. The lowest BCUT2D eigenvalue weighted by molar-refractivity contribution is 0.189. The highest BCUT2D eigenvalue weighted by molar-refractivity contribution is 5.18. The molecule has 4 nitrogen and oxygen atoms in total. The van der Waals surface area contributed by atoms with Crippen LogP contribution in [0.3, 0.4) is 0 Å². The quantitative estimate of drug-likeness (QED) is 0.765. The lowest BCUT2D eigenvalue weighted by Crippen LogP contribution is -2.28. The zero-order valence-corrected chi connectivity index (χ0v) is 10.2. The normalized spacial score (nSPS) is 12.8. The highest BCUT2D eigenvalue weighted by atomic mass is 16.5. The Morgan fingerprint density at radius 3 is 2.75 bits per heavy atom. The van der Waals surface area contributed by atoms with Crippen LogP contribution in [0, 0.1) is 6.92 Å². The lowest BCUT2D eigenvalue weighted by atomic mass is 10.1. The molecule has 2 N–H and O–H groups in total. The van der Waals surface area contributed by atoms with Crippen LogP contribution in [0.15, 0.2) is 16.9 Å². The van der Waals surface area contributed by atoms with E-state index in [1.54, 1.807) is 11.7 Å². The van der Waals surface area contributed by atoms with Crippen LogP contribution in [0.4, 0.5) is 0 Å². The van der Waals surface area contributed by atoms with Crippen LogP contribution in [-0.4, -0.2) is 18.3 Å². The third-order valence-corrected chi connectivity index (χ3v) is 2.64. The van der Waals surface area contributed by atoms with Gasteiger partial charge in [0.2, 0.25) is 0 Å². The number of nitrogens with zero attached hydrogens (tertiary/aromatic N) is 1. The van der Waals surface area contributed by atoms with Crippen molar-refractivity contribution in [2.75, 3.05) is 13.7 Å². The Bertz CT molecular complexity index is 396. The van der Waals surface area contributed by atoms with Crippen molar-refractivity contribution >= 4 is 0 Å². The van der Waals surface area contributed by atoms with Gasteiger partial charge in [0.1, 0.15) is 0 Å². The molecule has 0 aromatic carbocycles. The monoisotopic (exact) mass is 224 g/mol. The van der Waals surface area contributed by atoms with Gasteiger partial charge in [-0.25, -0.2) is 0 Å². The minimum absolute atomic E-state index is 0.0195. The van der Waals surface area contributed by atoms with E-state index in [1.165, 1.54) is 0 Å². The van der Waals surface area contributed by atoms with Crippen molar-refractivity contribution < 1.29 is 4.74 Å². The van der Waals surface area contributed by atoms with E-state index in [4.69, 9.17) is 10.5 Å². The van der Waals surface area contributed by atoms with E-state index in [1.807, 2.05) is 26.0 Å². The number of ether oxygens (including phenoxy) is 1. The molecule has 0 aliphatic rings. The van der Waals surface area contributed by atoms with Gasteiger partial charge in [-0.05, 0) is 26.3 Å². The molecule has 0 saturated heterocycles. The Morgan fingerprint density at radius 1 is 1.50 bits per heavy atom. The van der Waals surface area contributed by atoms with Crippen LogP contribution >= 0.6 is 0 Å². The highest BCUT2D eigenvalue weighted by Crippen LogP contribution is 2.06. The van der Waals surface area contributed by atoms with Gasteiger partial charge in [0, 0.05) is 37.6 Å². The number of rotatable bonds is 5. The van der Waals surface area contributed by atoms with E-state index in [9.17, 15) is 4.79 Å². The molecule has 0 saturated carbocycles. The van der Waals surface area contributed by atoms with Crippen LogP contribution in [0.2, 0.25) is 0 Å². The van der Waals surface area contributed by atoms with Gasteiger partial charge < -0.3 is 15.0 Å². The third kappa shape index (κ3) is 2.93. The Hall–Kier alpha value is -1.13. The van der Waals surface area contributed by atoms with E-state index < -0.39 is 0 Å². The van der Waals surface area contributed by atoms with E-state index in [0.29, 0.717) is 18.7 Å². The average Bonchev–Trinajstić information content (AvgIpc) is 2.22. The molecule has 1 atom stereocenters. The van der Waals surface area contributed by atoms with Gasteiger partial charge in [-0.2, -0.15) is 0 Å². The van der Waals surface area contributed by atoms with Crippen LogP contribution in [0.25, 0.3) is 0 Å². The van der Waals surface area contributed by atoms with Crippen LogP contribution < -0.4 is 11.3 Å². The molecular weight excluding hydrogens is 204 g/mol. The molecule has 90 valence electrons. The first-order valence-electron chi connectivity index (χ1n) is 5.52. The fraction of sp³-hybridized carbons (Fsp3) is 0.583. The molecule has 0 spiro atoms. The minimum Gasteiger partial charge on any atom is -0.385 e. The van der Waals surface area contributed by atoms with E-state index in [-0.39, 0.29) is 11.6 Å². The molecule has 0 fully saturated rings. The van der Waals surface area contributed by atoms with Gasteiger partial charge in [-0.15, -0.1) is 0 Å². The standard InChI is InChI=1S/C12H20N2O2/c1-9-5-6-11(10(2)13)12(15)14(9)7-4-8-16-3/h5-6,10H,4,7-8,13H2,1-3H3. The summed E-state index contributed by atoms with van der Waals surface area (Å²) in [5, 5.41) is 0. The number of hydrogen-bond donors (Lipinski definition) is 1. The molecule has 0 bridgehead atoms. The number of hydrogen-bond acceptors (Lipinski definition) is 3. The number of aryl methyl sites for hydroxylation is 1. The second-order valence-electron chi connectivity index (χ2n) is 4.02. The first-order chi connectivity index (χ1) is 7.57. The number of aromatic nitrogens is 1. The van der Waals surface area contributed by atoms with Crippen molar-refractivity contribution in [1.82, 2.24) is 4.57 Å². The van der Waals surface area contributed by atoms with Gasteiger partial charge in [-0.3, -0.25) is 4.79 Å². The summed E-state index contributed by atoms with van der Waals surface area (Å²) in [5.74, 6) is 0. The Kier molecular flexibility index (Phi) is 4.71. The number of nitrogens with two attached hydrogens (primary N) is 1. The van der Waals surface area contributed by atoms with Crippen molar-refractivity contribution in [1.29, 1.82) is 0 Å². The van der Waals surface area contributed by atoms with E-state index in [0.717, 1.165) is 12.1 Å². The van der Waals surface area contributed by atoms with Crippen LogP contribution in [-0.2, 0) is 11.3 Å². The maximum absolute atomic E-state index is 12.1. The predicted octanol–water partition coefficient (Wildman–Crippen LogP) is 1.21. The summed E-state index contributed by atoms with van der Waals surface area (Å²) in [5.41, 5.74) is 7.40. The summed E-state index contributed by atoms with van der Waals surface area (Å²) in [6.07, 6.45) is 0.833. The van der Waals surface area contributed by atoms with Gasteiger partial charge >= 0.3 is 0 Å². The first kappa shape index (κ1) is 12.9. The zero-order chi connectivity index (χ0) is 12.1. The topological polar surface area (TPSA) is 57.2 Å². The third-order valence-electron chi connectivity index (χ3n) is 2.64. The van der Waals surface area contributed by atoms with E-state index >= 15 is 0 Å². The maximum Gasteiger partial charge on any atom is 0.255 e. The Balaban J connectivity index is 2.97. The molecule has 0 aliphatic heterocycles. The summed E-state index contributed by atoms with van der Waals surface area (Å²) >= 11 is 0. The average molecular weight is 224 g/mol. The summed E-state index contributed by atoms with van der Waals surface area (Å²) in [7, 11) is 1.66. The second-order valence-corrected chi connectivity index (χ2v) is 4.02. The van der Waals surface area contributed by atoms with Gasteiger partial charge in [0.25, 0.3) is 5.56 Å². The molecule has 0 amide bonds. The second kappa shape index (κ2) is 5.82. The molecule has 1 rings (SSSR count). The molecule has 4 heteroatoms. The van der Waals surface area contributed by atoms with Gasteiger partial charge in [0.05, 0.1) is 0 Å². The molecule has 16 heavy (non-hydrogen) atoms. The Morgan fingerprint density at radius 2 is 2.19 bits per heavy atom. The van der Waals surface area contributed by atoms with Crippen molar-refractivity contribution in [3.05, 3.63) is 33.7 Å². The summed E-state index contributed by atoms with van der Waals surface area (Å²) < 4.78 is 6.74. The molecule has 1 aromatic rings. The minimum atomic E-state index is -0.221. The summed E-state index contributed by atoms with van der Waals surface area (Å²) in [6, 6.07) is 3.53. The van der Waals surface area contributed by atoms with Crippen LogP contribution in [0.5, 0.6) is 0 Å². The largest absolute Gasteiger partial charge is 0.385 e. The molecule has 1 heterocycles. The van der Waals surface area contributed by atoms with Gasteiger partial charge in [-0.1, -0.05) is 6.07 Å². The smallest absolute Gasteiger partial charge is 0.255 e. The maximum atomic E-state index is 12.1. The van der Waals surface area contributed by atoms with Crippen molar-refractivity contribution in [2.45, 2.75) is 32.9 Å². The van der Waals surface area contributed by atoms with Crippen molar-refractivity contribution in [3.63, 3.8) is 0 Å². The first-order valence-corrected chi connectivity index (χ1v) is 5.52. The van der Waals surface area contributed by atoms with E-state index in [2.05, 4.69) is 0 Å². The highest BCUT2D eigenvalue weighted by Gasteiger charge is 2.09.